The Kier molecular flexibility index (Phi) is 3.69. The van der Waals surface area contributed by atoms with Gasteiger partial charge in [-0.3, -0.25) is 19.7 Å². The van der Waals surface area contributed by atoms with Gasteiger partial charge >= 0.3 is 0 Å². The molecule has 2 aromatic carbocycles. The quantitative estimate of drug-likeness (QED) is 0.304. The summed E-state index contributed by atoms with van der Waals surface area (Å²) in [7, 11) is 0. The lowest BCUT2D eigenvalue weighted by molar-refractivity contribution is -0.384. The molecule has 1 aromatic heterocycles. The highest BCUT2D eigenvalue weighted by molar-refractivity contribution is 6.36. The Morgan fingerprint density at radius 3 is 2.65 bits per heavy atom. The molecule has 2 atom stereocenters. The topological polar surface area (TPSA) is 98.3 Å². The molecule has 0 unspecified atom stereocenters. The van der Waals surface area contributed by atoms with Crippen LogP contribution in [0.1, 0.15) is 11.6 Å². The molecule has 0 aliphatic carbocycles. The van der Waals surface area contributed by atoms with Crippen molar-refractivity contribution in [1.82, 2.24) is 9.66 Å². The molecule has 0 saturated carbocycles. The number of hydrogen-bond acceptors (Lipinski definition) is 5. The average molecular weight is 371 g/mol. The summed E-state index contributed by atoms with van der Waals surface area (Å²) in [5, 5.41) is 11.6. The second-order valence-electron chi connectivity index (χ2n) is 5.79. The number of alkyl halides is 1. The maximum atomic E-state index is 12.7. The van der Waals surface area contributed by atoms with Crippen LogP contribution in [0.15, 0.2) is 59.7 Å². The molecule has 26 heavy (non-hydrogen) atoms. The Balaban J connectivity index is 1.82. The Morgan fingerprint density at radius 1 is 1.12 bits per heavy atom. The van der Waals surface area contributed by atoms with Crippen LogP contribution >= 0.6 is 11.6 Å². The minimum absolute atomic E-state index is 0.116. The number of non-ortho nitro benzene ring substituents is 1. The molecule has 130 valence electrons. The van der Waals surface area contributed by atoms with E-state index >= 15 is 0 Å². The fourth-order valence-electron chi connectivity index (χ4n) is 3.03. The van der Waals surface area contributed by atoms with Crippen LogP contribution in [0, 0.1) is 10.1 Å². The van der Waals surface area contributed by atoms with E-state index in [0.29, 0.717) is 16.5 Å². The number of nitro groups is 1. The predicted molar refractivity (Wildman–Crippen MR) is 94.7 cm³/mol. The van der Waals surface area contributed by atoms with Crippen LogP contribution in [0.25, 0.3) is 10.9 Å². The third-order valence-corrected chi connectivity index (χ3v) is 4.73. The zero-order chi connectivity index (χ0) is 18.4. The molecule has 1 amide bonds. The number of rotatable bonds is 3. The van der Waals surface area contributed by atoms with Crippen molar-refractivity contribution in [3.05, 3.63) is 80.9 Å². The summed E-state index contributed by atoms with van der Waals surface area (Å²) in [5.74, 6) is -0.470. The third-order valence-electron chi connectivity index (χ3n) is 4.31. The van der Waals surface area contributed by atoms with Gasteiger partial charge in [-0.15, -0.1) is 11.6 Å². The third kappa shape index (κ3) is 2.34. The van der Waals surface area contributed by atoms with Gasteiger partial charge in [0.05, 0.1) is 15.8 Å². The van der Waals surface area contributed by atoms with Crippen LogP contribution in [-0.4, -0.2) is 25.9 Å². The Labute approximate surface area is 151 Å². The summed E-state index contributed by atoms with van der Waals surface area (Å²) in [6.45, 7) is 0. The fourth-order valence-corrected chi connectivity index (χ4v) is 3.38. The molecular weight excluding hydrogens is 360 g/mol. The number of nitro benzene ring substituents is 1. The van der Waals surface area contributed by atoms with Gasteiger partial charge in [0.2, 0.25) is 0 Å². The van der Waals surface area contributed by atoms with Gasteiger partial charge in [-0.1, -0.05) is 24.3 Å². The van der Waals surface area contributed by atoms with Crippen molar-refractivity contribution in [1.29, 1.82) is 0 Å². The number of hydrogen-bond donors (Lipinski definition) is 0. The Bertz CT molecular complexity index is 1110. The predicted octanol–water partition coefficient (Wildman–Crippen LogP) is 2.13. The summed E-state index contributed by atoms with van der Waals surface area (Å²) < 4.78 is 1.10. The number of para-hydroxylation sites is 1. The van der Waals surface area contributed by atoms with Crippen molar-refractivity contribution in [2.24, 2.45) is 0 Å². The largest absolute Gasteiger partial charge is 0.280 e. The van der Waals surface area contributed by atoms with Gasteiger partial charge in [0, 0.05) is 12.1 Å². The standard InChI is InChI=1S/C17H11ClN4O4/c18-14-15(10-4-3-5-11(8-10)22(25)26)21(17(14)24)20-9-19-13-7-2-1-6-12(13)16(20)23/h1-9,14-15H/t14-,15-/m1/s1. The Hall–Kier alpha value is -3.26. The second-order valence-corrected chi connectivity index (χ2v) is 6.26. The first-order valence-electron chi connectivity index (χ1n) is 7.67. The smallest absolute Gasteiger partial charge is 0.271 e. The number of carbonyl (C=O) groups is 1. The van der Waals surface area contributed by atoms with Crippen molar-refractivity contribution in [2.75, 3.05) is 5.01 Å². The molecule has 0 spiro atoms. The minimum atomic E-state index is -0.921. The van der Waals surface area contributed by atoms with Gasteiger partial charge in [0.25, 0.3) is 17.2 Å². The minimum Gasteiger partial charge on any atom is -0.271 e. The van der Waals surface area contributed by atoms with E-state index in [1.54, 1.807) is 30.3 Å². The highest BCUT2D eigenvalue weighted by Gasteiger charge is 2.49. The van der Waals surface area contributed by atoms with E-state index in [2.05, 4.69) is 4.98 Å². The monoisotopic (exact) mass is 370 g/mol. The van der Waals surface area contributed by atoms with Crippen molar-refractivity contribution < 1.29 is 9.72 Å². The lowest BCUT2D eigenvalue weighted by Crippen LogP contribution is -2.64. The van der Waals surface area contributed by atoms with Crippen LogP contribution in [0.3, 0.4) is 0 Å². The molecule has 1 saturated heterocycles. The van der Waals surface area contributed by atoms with Gasteiger partial charge < -0.3 is 0 Å². The number of benzene rings is 2. The average Bonchev–Trinajstić information content (AvgIpc) is 2.66. The van der Waals surface area contributed by atoms with Crippen LogP contribution in [0.2, 0.25) is 0 Å². The number of carbonyl (C=O) groups excluding carboxylic acids is 1. The van der Waals surface area contributed by atoms with Gasteiger partial charge in [-0.25, -0.2) is 14.7 Å². The summed E-state index contributed by atoms with van der Waals surface area (Å²) >= 11 is 6.15. The first kappa shape index (κ1) is 16.2. The van der Waals surface area contributed by atoms with E-state index in [-0.39, 0.29) is 5.69 Å². The molecule has 8 nitrogen and oxygen atoms in total. The number of nitrogens with zero attached hydrogens (tertiary/aromatic N) is 4. The summed E-state index contributed by atoms with van der Waals surface area (Å²) in [6.07, 6.45) is 1.26. The highest BCUT2D eigenvalue weighted by Crippen LogP contribution is 2.37. The molecule has 0 bridgehead atoms. The van der Waals surface area contributed by atoms with Crippen LogP contribution in [0.5, 0.6) is 0 Å². The van der Waals surface area contributed by atoms with E-state index in [4.69, 9.17) is 11.6 Å². The highest BCUT2D eigenvalue weighted by atomic mass is 35.5. The zero-order valence-corrected chi connectivity index (χ0v) is 13.9. The van der Waals surface area contributed by atoms with Crippen molar-refractivity contribution in [2.45, 2.75) is 11.4 Å². The van der Waals surface area contributed by atoms with E-state index in [0.717, 1.165) is 4.68 Å². The lowest BCUT2D eigenvalue weighted by Gasteiger charge is -2.44. The van der Waals surface area contributed by atoms with Crippen molar-refractivity contribution >= 4 is 34.1 Å². The van der Waals surface area contributed by atoms with Crippen molar-refractivity contribution in [3.63, 3.8) is 0 Å². The maximum Gasteiger partial charge on any atom is 0.280 e. The lowest BCUT2D eigenvalue weighted by atomic mass is 9.95. The second kappa shape index (κ2) is 5.92. The first-order valence-corrected chi connectivity index (χ1v) is 8.11. The van der Waals surface area contributed by atoms with Gasteiger partial charge in [-0.05, 0) is 17.7 Å². The van der Waals surface area contributed by atoms with Crippen LogP contribution < -0.4 is 10.6 Å². The molecule has 1 aliphatic heterocycles. The fraction of sp³-hybridized carbons (Fsp3) is 0.118. The Morgan fingerprint density at radius 2 is 1.88 bits per heavy atom. The molecule has 2 heterocycles. The number of fused-ring (bicyclic) bond motifs is 1. The SMILES string of the molecule is O=C1[C@H](Cl)[C@@H](c2cccc([N+](=O)[O-])c2)N1n1cnc2ccccc2c1=O. The van der Waals surface area contributed by atoms with Crippen LogP contribution in [-0.2, 0) is 4.79 Å². The van der Waals surface area contributed by atoms with Crippen LogP contribution in [0.4, 0.5) is 5.69 Å². The van der Waals surface area contributed by atoms with Crippen molar-refractivity contribution in [3.8, 4) is 0 Å². The van der Waals surface area contributed by atoms with E-state index in [1.165, 1.54) is 29.5 Å². The number of β-lactam (4-membered cyclic amide) rings is 1. The van der Waals surface area contributed by atoms with Gasteiger partial charge in [0.1, 0.15) is 17.7 Å². The number of aromatic nitrogens is 2. The molecule has 1 aliphatic rings. The maximum absolute atomic E-state index is 12.7. The molecule has 0 N–H and O–H groups in total. The van der Waals surface area contributed by atoms with E-state index < -0.39 is 27.8 Å². The summed E-state index contributed by atoms with van der Waals surface area (Å²) in [5.41, 5.74) is 0.451. The molecule has 9 heteroatoms. The van der Waals surface area contributed by atoms with E-state index in [1.807, 2.05) is 0 Å². The molecule has 0 radical (unpaired) electrons. The molecule has 1 fully saturated rings. The van der Waals surface area contributed by atoms with Gasteiger partial charge in [0.15, 0.2) is 0 Å². The normalized spacial score (nSPS) is 19.4. The molecular formula is C17H11ClN4O4. The summed E-state index contributed by atoms with van der Waals surface area (Å²) in [6, 6.07) is 11.9. The summed E-state index contributed by atoms with van der Waals surface area (Å²) in [4.78, 5) is 39.7. The van der Waals surface area contributed by atoms with Gasteiger partial charge in [-0.2, -0.15) is 0 Å². The zero-order valence-electron chi connectivity index (χ0n) is 13.2. The molecule has 3 aromatic rings. The number of halogens is 1. The number of amides is 1. The first-order chi connectivity index (χ1) is 12.5. The van der Waals surface area contributed by atoms with E-state index in [9.17, 15) is 19.7 Å². The molecule has 4 rings (SSSR count).